The number of alkyl halides is 8. The van der Waals surface area contributed by atoms with Gasteiger partial charge in [-0.2, -0.15) is 13.2 Å². The number of hydrogen-bond donors (Lipinski definition) is 1. The fraction of sp³-hybridized carbons (Fsp3) is 0.444. The average Bonchev–Trinajstić information content (AvgIpc) is 2.23. The molecule has 3 nitrogen and oxygen atoms in total. The van der Waals surface area contributed by atoms with Gasteiger partial charge in [0.2, 0.25) is 0 Å². The molecule has 0 saturated carbocycles. The van der Waals surface area contributed by atoms with Gasteiger partial charge < -0.3 is 10.5 Å². The zero-order valence-electron chi connectivity index (χ0n) is 9.32. The summed E-state index contributed by atoms with van der Waals surface area (Å²) in [6, 6.07) is -0.242. The molecule has 0 amide bonds. The maximum atomic E-state index is 12.7. The van der Waals surface area contributed by atoms with Crippen LogP contribution in [0.1, 0.15) is 23.4 Å². The molecule has 0 aliphatic heterocycles. The van der Waals surface area contributed by atoms with Gasteiger partial charge in [0.15, 0.2) is 0 Å². The number of aromatic nitrogens is 1. The summed E-state index contributed by atoms with van der Waals surface area (Å²) in [7, 11) is 0. The number of pyridine rings is 1. The van der Waals surface area contributed by atoms with Crippen molar-refractivity contribution in [1.29, 1.82) is 0 Å². The van der Waals surface area contributed by atoms with Crippen molar-refractivity contribution in [2.75, 3.05) is 0 Å². The maximum absolute atomic E-state index is 12.7. The van der Waals surface area contributed by atoms with Crippen LogP contribution in [0.2, 0.25) is 0 Å². The van der Waals surface area contributed by atoms with Gasteiger partial charge in [0, 0.05) is 12.6 Å². The zero-order chi connectivity index (χ0) is 15.7. The van der Waals surface area contributed by atoms with Crippen molar-refractivity contribution in [2.45, 2.75) is 25.5 Å². The summed E-state index contributed by atoms with van der Waals surface area (Å²) >= 11 is 0. The molecule has 0 atom stereocenters. The van der Waals surface area contributed by atoms with Crippen molar-refractivity contribution >= 4 is 0 Å². The van der Waals surface area contributed by atoms with Gasteiger partial charge in [-0.05, 0) is 0 Å². The summed E-state index contributed by atoms with van der Waals surface area (Å²) in [5, 5.41) is 0. The highest BCUT2D eigenvalue weighted by molar-refractivity contribution is 5.40. The SMILES string of the molecule is NCc1nc(C(F)(F)F)cc(OC(F)(F)F)c1C(F)F. The summed E-state index contributed by atoms with van der Waals surface area (Å²) in [5.41, 5.74) is 0.691. The van der Waals surface area contributed by atoms with Crippen LogP contribution >= 0.6 is 0 Å². The third-order valence-electron chi connectivity index (χ3n) is 2.03. The summed E-state index contributed by atoms with van der Waals surface area (Å²) < 4.78 is 102. The van der Waals surface area contributed by atoms with E-state index in [4.69, 9.17) is 5.73 Å². The molecule has 0 fully saturated rings. The number of nitrogens with two attached hydrogens (primary N) is 1. The molecule has 1 rings (SSSR count). The zero-order valence-corrected chi connectivity index (χ0v) is 9.32. The van der Waals surface area contributed by atoms with Crippen molar-refractivity contribution in [3.05, 3.63) is 23.0 Å². The normalized spacial score (nSPS) is 12.9. The van der Waals surface area contributed by atoms with Crippen molar-refractivity contribution in [1.82, 2.24) is 4.98 Å². The van der Waals surface area contributed by atoms with E-state index < -0.39 is 48.2 Å². The predicted octanol–water partition coefficient (Wildman–Crippen LogP) is 3.40. The lowest BCUT2D eigenvalue weighted by molar-refractivity contribution is -0.275. The third kappa shape index (κ3) is 3.92. The van der Waals surface area contributed by atoms with Crippen LogP contribution in [-0.4, -0.2) is 11.3 Å². The third-order valence-corrected chi connectivity index (χ3v) is 2.03. The summed E-state index contributed by atoms with van der Waals surface area (Å²) in [6.07, 6.45) is -14.1. The van der Waals surface area contributed by atoms with E-state index in [9.17, 15) is 35.1 Å². The second-order valence-corrected chi connectivity index (χ2v) is 3.42. The number of rotatable bonds is 3. The van der Waals surface area contributed by atoms with Crippen LogP contribution in [0.15, 0.2) is 6.07 Å². The van der Waals surface area contributed by atoms with Crippen LogP contribution in [0.5, 0.6) is 5.75 Å². The first-order valence-electron chi connectivity index (χ1n) is 4.80. The highest BCUT2D eigenvalue weighted by Gasteiger charge is 2.39. The monoisotopic (exact) mass is 310 g/mol. The average molecular weight is 310 g/mol. The minimum absolute atomic E-state index is 0.242. The minimum Gasteiger partial charge on any atom is -0.405 e. The number of hydrogen-bond acceptors (Lipinski definition) is 3. The Labute approximate surface area is 106 Å². The first-order valence-corrected chi connectivity index (χ1v) is 4.80. The molecule has 0 unspecified atom stereocenters. The van der Waals surface area contributed by atoms with Gasteiger partial charge in [0.1, 0.15) is 11.4 Å². The van der Waals surface area contributed by atoms with E-state index in [1.807, 2.05) is 0 Å². The van der Waals surface area contributed by atoms with E-state index in [-0.39, 0.29) is 6.07 Å². The van der Waals surface area contributed by atoms with E-state index >= 15 is 0 Å². The topological polar surface area (TPSA) is 48.1 Å². The highest BCUT2D eigenvalue weighted by Crippen LogP contribution is 2.39. The second kappa shape index (κ2) is 5.38. The molecule has 0 aromatic carbocycles. The quantitative estimate of drug-likeness (QED) is 0.871. The van der Waals surface area contributed by atoms with Crippen LogP contribution in [-0.2, 0) is 12.7 Å². The molecule has 0 bridgehead atoms. The molecular weight excluding hydrogens is 304 g/mol. The molecular formula is C9H6F8N2O. The Balaban J connectivity index is 3.50. The van der Waals surface area contributed by atoms with Crippen LogP contribution in [0.25, 0.3) is 0 Å². The predicted molar refractivity (Wildman–Crippen MR) is 48.8 cm³/mol. The van der Waals surface area contributed by atoms with Crippen molar-refractivity contribution < 1.29 is 39.9 Å². The van der Waals surface area contributed by atoms with Crippen molar-refractivity contribution in [3.8, 4) is 5.75 Å². The molecule has 0 aliphatic rings. The number of ether oxygens (including phenoxy) is 1. The molecule has 1 heterocycles. The smallest absolute Gasteiger partial charge is 0.405 e. The summed E-state index contributed by atoms with van der Waals surface area (Å²) in [6.45, 7) is -0.905. The molecule has 0 radical (unpaired) electrons. The van der Waals surface area contributed by atoms with E-state index in [1.165, 1.54) is 0 Å². The van der Waals surface area contributed by atoms with E-state index in [0.29, 0.717) is 0 Å². The first kappa shape index (κ1) is 16.4. The van der Waals surface area contributed by atoms with Crippen LogP contribution in [0.4, 0.5) is 35.1 Å². The van der Waals surface area contributed by atoms with Crippen LogP contribution in [0, 0.1) is 0 Å². The number of halogens is 8. The Morgan fingerprint density at radius 2 is 1.70 bits per heavy atom. The molecule has 0 aliphatic carbocycles. The maximum Gasteiger partial charge on any atom is 0.573 e. The Bertz CT molecular complexity index is 482. The largest absolute Gasteiger partial charge is 0.573 e. The Kier molecular flexibility index (Phi) is 4.42. The number of nitrogens with zero attached hydrogens (tertiary/aromatic N) is 1. The van der Waals surface area contributed by atoms with E-state index in [0.717, 1.165) is 0 Å². The van der Waals surface area contributed by atoms with Gasteiger partial charge in [-0.1, -0.05) is 0 Å². The Hall–Kier alpha value is -1.65. The Morgan fingerprint density at radius 3 is 2.05 bits per heavy atom. The lowest BCUT2D eigenvalue weighted by atomic mass is 10.1. The fourth-order valence-electron chi connectivity index (χ4n) is 1.33. The molecule has 11 heteroatoms. The molecule has 2 N–H and O–H groups in total. The summed E-state index contributed by atoms with van der Waals surface area (Å²) in [4.78, 5) is 2.80. The van der Waals surface area contributed by atoms with Crippen molar-refractivity contribution in [3.63, 3.8) is 0 Å². The lowest BCUT2D eigenvalue weighted by Crippen LogP contribution is -2.21. The standard InChI is InChI=1S/C9H6F8N2O/c10-7(11)6-3(2-18)19-5(8(12,13)14)1-4(6)20-9(15,16)17/h1,7H,2,18H2. The molecule has 0 spiro atoms. The first-order chi connectivity index (χ1) is 8.95. The van der Waals surface area contributed by atoms with Crippen LogP contribution < -0.4 is 10.5 Å². The Morgan fingerprint density at radius 1 is 1.15 bits per heavy atom. The van der Waals surface area contributed by atoms with Gasteiger partial charge >= 0.3 is 12.5 Å². The second-order valence-electron chi connectivity index (χ2n) is 3.42. The van der Waals surface area contributed by atoms with E-state index in [1.54, 1.807) is 0 Å². The minimum atomic E-state index is -5.43. The molecule has 1 aromatic heterocycles. The van der Waals surface area contributed by atoms with Crippen LogP contribution in [0.3, 0.4) is 0 Å². The summed E-state index contributed by atoms with van der Waals surface area (Å²) in [5.74, 6) is -1.67. The van der Waals surface area contributed by atoms with Crippen molar-refractivity contribution in [2.24, 2.45) is 5.73 Å². The van der Waals surface area contributed by atoms with Gasteiger partial charge in [-0.3, -0.25) is 0 Å². The van der Waals surface area contributed by atoms with E-state index in [2.05, 4.69) is 9.72 Å². The molecule has 20 heavy (non-hydrogen) atoms. The molecule has 114 valence electrons. The fourth-order valence-corrected chi connectivity index (χ4v) is 1.33. The molecule has 0 saturated heterocycles. The lowest BCUT2D eigenvalue weighted by Gasteiger charge is -2.17. The van der Waals surface area contributed by atoms with Gasteiger partial charge in [0.05, 0.1) is 11.3 Å². The van der Waals surface area contributed by atoms with Gasteiger partial charge in [0.25, 0.3) is 6.43 Å². The molecule has 1 aromatic rings. The van der Waals surface area contributed by atoms with Gasteiger partial charge in [-0.15, -0.1) is 13.2 Å². The van der Waals surface area contributed by atoms with Gasteiger partial charge in [-0.25, -0.2) is 13.8 Å². The highest BCUT2D eigenvalue weighted by atomic mass is 19.4.